The first-order chi connectivity index (χ1) is 21.6. The van der Waals surface area contributed by atoms with E-state index in [1.165, 1.54) is 44.9 Å². The van der Waals surface area contributed by atoms with Crippen molar-refractivity contribution in [2.75, 3.05) is 32.8 Å². The van der Waals surface area contributed by atoms with Gasteiger partial charge in [-0.15, -0.1) is 0 Å². The fraction of sp³-hybridized carbons (Fsp3) is 1.00. The minimum atomic E-state index is -1.01. The summed E-state index contributed by atoms with van der Waals surface area (Å²) in [5.41, 5.74) is -0.373. The van der Waals surface area contributed by atoms with Crippen LogP contribution in [0.15, 0.2) is 0 Å². The summed E-state index contributed by atoms with van der Waals surface area (Å²) < 4.78 is 26.2. The number of hydrogen-bond donors (Lipinski definition) is 2. The Labute approximate surface area is 279 Å². The molecule has 7 rings (SSSR count). The van der Waals surface area contributed by atoms with Gasteiger partial charge in [-0.3, -0.25) is 4.90 Å². The summed E-state index contributed by atoms with van der Waals surface area (Å²) in [6, 6.07) is 0. The summed E-state index contributed by atoms with van der Waals surface area (Å²) in [7, 11) is 0. The quantitative estimate of drug-likeness (QED) is 0.315. The number of aliphatic hydroxyl groups is 2. The number of rotatable bonds is 8. The Morgan fingerprint density at radius 1 is 1.00 bits per heavy atom. The van der Waals surface area contributed by atoms with Crippen molar-refractivity contribution in [1.29, 1.82) is 0 Å². The monoisotopic (exact) mass is 645 g/mol. The third-order valence-electron chi connectivity index (χ3n) is 16.1. The molecule has 5 aliphatic carbocycles. The molecule has 2 saturated heterocycles. The summed E-state index contributed by atoms with van der Waals surface area (Å²) in [5, 5.41) is 23.6. The van der Waals surface area contributed by atoms with Gasteiger partial charge >= 0.3 is 0 Å². The van der Waals surface area contributed by atoms with Crippen LogP contribution in [0.4, 0.5) is 0 Å². The van der Waals surface area contributed by atoms with Crippen LogP contribution in [0.1, 0.15) is 120 Å². The van der Waals surface area contributed by atoms with E-state index < -0.39 is 17.8 Å². The highest BCUT2D eigenvalue weighted by atomic mass is 16.7. The van der Waals surface area contributed by atoms with Crippen LogP contribution in [0.5, 0.6) is 0 Å². The van der Waals surface area contributed by atoms with E-state index in [9.17, 15) is 10.2 Å². The number of morpholine rings is 1. The molecule has 14 atom stereocenters. The standard InChI is InChI=1S/C39H67NO6/c1-10-18-40-19-20-44-29(22-40)46-28-14-15-38-23-39(38)17-16-36(8)30-24(3)21-25(33(43-11-2)35(6,7)42)45-31(30)32(41)37(36,9)27(39)13-12-26(38)34(28,4)5/h24-33,41-42H,10-23H2,1-9H3. The molecule has 5 saturated carbocycles. The van der Waals surface area contributed by atoms with Crippen molar-refractivity contribution in [2.24, 2.45) is 50.7 Å². The Morgan fingerprint density at radius 3 is 2.41 bits per heavy atom. The van der Waals surface area contributed by atoms with Gasteiger partial charge in [-0.25, -0.2) is 0 Å². The van der Waals surface area contributed by atoms with Gasteiger partial charge in [0.25, 0.3) is 0 Å². The number of hydrogen-bond acceptors (Lipinski definition) is 7. The minimum Gasteiger partial charge on any atom is -0.390 e. The summed E-state index contributed by atoms with van der Waals surface area (Å²) in [6.07, 6.45) is 9.40. The second-order valence-corrected chi connectivity index (χ2v) is 18.8. The predicted octanol–water partition coefficient (Wildman–Crippen LogP) is 6.43. The molecule has 46 heavy (non-hydrogen) atoms. The summed E-state index contributed by atoms with van der Waals surface area (Å²) in [5.74, 6) is 1.88. The van der Waals surface area contributed by atoms with Gasteiger partial charge in [0.05, 0.1) is 36.6 Å². The molecule has 2 spiro atoms. The van der Waals surface area contributed by atoms with E-state index in [1.54, 1.807) is 0 Å². The Hall–Kier alpha value is -0.280. The Kier molecular flexibility index (Phi) is 8.45. The highest BCUT2D eigenvalue weighted by Crippen LogP contribution is 2.89. The SMILES string of the molecule is CCCN1CCOC(OC2CCC34CC35CCC3(C)C6C(C)CC(C(OCC)C(C)(C)O)OC6C(O)C3(C)C5CCC4C2(C)C)C1. The lowest BCUT2D eigenvalue weighted by Crippen LogP contribution is -2.60. The molecular weight excluding hydrogens is 578 g/mol. The molecule has 264 valence electrons. The van der Waals surface area contributed by atoms with Crippen molar-refractivity contribution in [3.05, 3.63) is 0 Å². The van der Waals surface area contributed by atoms with Crippen molar-refractivity contribution < 1.29 is 29.2 Å². The van der Waals surface area contributed by atoms with Crippen LogP contribution in [0, 0.1) is 50.7 Å². The molecule has 2 aliphatic heterocycles. The summed E-state index contributed by atoms with van der Waals surface area (Å²) in [4.78, 5) is 2.51. The second-order valence-electron chi connectivity index (χ2n) is 18.8. The van der Waals surface area contributed by atoms with Crippen LogP contribution in [-0.4, -0.2) is 90.4 Å². The first-order valence-corrected chi connectivity index (χ1v) is 19.3. The summed E-state index contributed by atoms with van der Waals surface area (Å²) >= 11 is 0. The van der Waals surface area contributed by atoms with Crippen molar-refractivity contribution in [1.82, 2.24) is 4.90 Å². The normalized spacial score (nSPS) is 52.1. The smallest absolute Gasteiger partial charge is 0.170 e. The van der Waals surface area contributed by atoms with E-state index >= 15 is 0 Å². The molecule has 7 nitrogen and oxygen atoms in total. The van der Waals surface area contributed by atoms with Gasteiger partial charge in [-0.1, -0.05) is 41.5 Å². The lowest BCUT2D eigenvalue weighted by molar-refractivity contribution is -0.248. The molecule has 0 aromatic heterocycles. The maximum Gasteiger partial charge on any atom is 0.170 e. The summed E-state index contributed by atoms with van der Waals surface area (Å²) in [6.45, 7) is 24.6. The predicted molar refractivity (Wildman–Crippen MR) is 179 cm³/mol. The van der Waals surface area contributed by atoms with E-state index in [0.717, 1.165) is 39.1 Å². The fourth-order valence-electron chi connectivity index (χ4n) is 14.1. The van der Waals surface area contributed by atoms with Gasteiger partial charge in [0, 0.05) is 25.1 Å². The van der Waals surface area contributed by atoms with Gasteiger partial charge in [-0.2, -0.15) is 0 Å². The Bertz CT molecular complexity index is 1140. The van der Waals surface area contributed by atoms with E-state index in [4.69, 9.17) is 18.9 Å². The third kappa shape index (κ3) is 4.60. The molecule has 2 heterocycles. The van der Waals surface area contributed by atoms with Gasteiger partial charge in [0.15, 0.2) is 6.29 Å². The first kappa shape index (κ1) is 34.2. The molecule has 7 fully saturated rings. The van der Waals surface area contributed by atoms with Crippen molar-refractivity contribution >= 4 is 0 Å². The van der Waals surface area contributed by atoms with Crippen LogP contribution in [0.25, 0.3) is 0 Å². The lowest BCUT2D eigenvalue weighted by Gasteiger charge is -2.64. The second kappa shape index (κ2) is 11.4. The number of ether oxygens (including phenoxy) is 4. The molecule has 14 unspecified atom stereocenters. The third-order valence-corrected chi connectivity index (χ3v) is 16.1. The van der Waals surface area contributed by atoms with E-state index in [0.29, 0.717) is 41.1 Å². The largest absolute Gasteiger partial charge is 0.390 e. The highest BCUT2D eigenvalue weighted by molar-refractivity contribution is 5.33. The zero-order valence-corrected chi connectivity index (χ0v) is 30.6. The van der Waals surface area contributed by atoms with Crippen LogP contribution < -0.4 is 0 Å². The zero-order chi connectivity index (χ0) is 33.1. The molecule has 0 bridgehead atoms. The zero-order valence-electron chi connectivity index (χ0n) is 30.6. The number of fused-ring (bicyclic) bond motifs is 4. The van der Waals surface area contributed by atoms with Crippen molar-refractivity contribution in [2.45, 2.75) is 163 Å². The van der Waals surface area contributed by atoms with Gasteiger partial charge in [0.1, 0.15) is 6.10 Å². The molecular formula is C39H67NO6. The lowest BCUT2D eigenvalue weighted by atomic mass is 9.41. The number of aliphatic hydroxyl groups excluding tert-OH is 1. The van der Waals surface area contributed by atoms with Gasteiger partial charge in [-0.05, 0) is 130 Å². The maximum atomic E-state index is 12.6. The topological polar surface area (TPSA) is 80.6 Å². The first-order valence-electron chi connectivity index (χ1n) is 19.3. The highest BCUT2D eigenvalue weighted by Gasteiger charge is 2.84. The van der Waals surface area contributed by atoms with E-state index in [-0.39, 0.29) is 40.8 Å². The van der Waals surface area contributed by atoms with E-state index in [2.05, 4.69) is 46.4 Å². The minimum absolute atomic E-state index is 0.0301. The van der Waals surface area contributed by atoms with Crippen molar-refractivity contribution in [3.63, 3.8) is 0 Å². The molecule has 7 aliphatic rings. The van der Waals surface area contributed by atoms with E-state index in [1.807, 2.05) is 20.8 Å². The van der Waals surface area contributed by atoms with Crippen molar-refractivity contribution in [3.8, 4) is 0 Å². The molecule has 2 N–H and O–H groups in total. The average Bonchev–Trinajstić information content (AvgIpc) is 3.62. The van der Waals surface area contributed by atoms with Crippen LogP contribution in [-0.2, 0) is 18.9 Å². The molecule has 0 radical (unpaired) electrons. The maximum absolute atomic E-state index is 12.6. The molecule has 7 heteroatoms. The van der Waals surface area contributed by atoms with Crippen LogP contribution >= 0.6 is 0 Å². The fourth-order valence-corrected chi connectivity index (χ4v) is 14.1. The average molecular weight is 646 g/mol. The van der Waals surface area contributed by atoms with Crippen LogP contribution in [0.3, 0.4) is 0 Å². The Balaban J connectivity index is 1.13. The Morgan fingerprint density at radius 2 is 1.72 bits per heavy atom. The van der Waals surface area contributed by atoms with Gasteiger partial charge < -0.3 is 29.2 Å². The van der Waals surface area contributed by atoms with Gasteiger partial charge in [0.2, 0.25) is 0 Å². The molecule has 0 aromatic carbocycles. The number of nitrogens with zero attached hydrogens (tertiary/aromatic N) is 1. The van der Waals surface area contributed by atoms with Crippen LogP contribution in [0.2, 0.25) is 0 Å². The molecule has 0 amide bonds. The molecule has 0 aromatic rings.